The Morgan fingerprint density at radius 2 is 1.92 bits per heavy atom. The lowest BCUT2D eigenvalue weighted by Crippen LogP contribution is -2.41. The van der Waals surface area contributed by atoms with Gasteiger partial charge in [-0.25, -0.2) is 4.79 Å². The molecule has 2 amide bonds. The molecule has 1 heterocycles. The Kier molecular flexibility index (Phi) is 5.03. The topological polar surface area (TPSA) is 77.2 Å². The van der Waals surface area contributed by atoms with Crippen molar-refractivity contribution in [3.63, 3.8) is 0 Å². The highest BCUT2D eigenvalue weighted by atomic mass is 35.5. The Hall–Kier alpha value is -2.50. The summed E-state index contributed by atoms with van der Waals surface area (Å²) in [6.07, 6.45) is 2.43. The van der Waals surface area contributed by atoms with Crippen LogP contribution in [0.25, 0.3) is 10.9 Å². The summed E-state index contributed by atoms with van der Waals surface area (Å²) in [5.74, 6) is 0. The number of carbonyl (C=O) groups is 1. The van der Waals surface area contributed by atoms with E-state index in [2.05, 4.69) is 15.6 Å². The number of fused-ring (bicyclic) bond motifs is 1. The minimum Gasteiger partial charge on any atom is -0.394 e. The molecule has 0 bridgehead atoms. The fourth-order valence-corrected chi connectivity index (χ4v) is 2.82. The summed E-state index contributed by atoms with van der Waals surface area (Å²) in [5.41, 5.74) is 2.60. The number of aliphatic hydroxyl groups is 1. The van der Waals surface area contributed by atoms with E-state index in [1.807, 2.05) is 30.5 Å². The van der Waals surface area contributed by atoms with Crippen LogP contribution in [0.15, 0.2) is 54.7 Å². The van der Waals surface area contributed by atoms with Crippen LogP contribution in [0.5, 0.6) is 0 Å². The molecular weight excluding hydrogens is 326 g/mol. The fourth-order valence-electron chi connectivity index (χ4n) is 2.63. The lowest BCUT2D eigenvalue weighted by molar-refractivity contribution is 0.224. The number of aromatic amines is 1. The smallest absolute Gasteiger partial charge is 0.319 e. The van der Waals surface area contributed by atoms with Gasteiger partial charge in [0.1, 0.15) is 0 Å². The molecule has 5 nitrogen and oxygen atoms in total. The van der Waals surface area contributed by atoms with E-state index in [1.54, 1.807) is 24.3 Å². The highest BCUT2D eigenvalue weighted by molar-refractivity contribution is 6.33. The van der Waals surface area contributed by atoms with Gasteiger partial charge in [0.05, 0.1) is 23.4 Å². The number of urea groups is 1. The molecule has 3 aromatic rings. The molecule has 0 aliphatic rings. The lowest BCUT2D eigenvalue weighted by Gasteiger charge is -2.17. The second-order valence-electron chi connectivity index (χ2n) is 5.52. The molecule has 0 saturated carbocycles. The van der Waals surface area contributed by atoms with Crippen molar-refractivity contribution in [3.8, 4) is 0 Å². The van der Waals surface area contributed by atoms with Crippen LogP contribution < -0.4 is 10.6 Å². The summed E-state index contributed by atoms with van der Waals surface area (Å²) in [5, 5.41) is 16.6. The van der Waals surface area contributed by atoms with Crippen molar-refractivity contribution in [1.82, 2.24) is 10.3 Å². The molecule has 0 spiro atoms. The third-order valence-corrected chi connectivity index (χ3v) is 4.15. The van der Waals surface area contributed by atoms with Crippen molar-refractivity contribution < 1.29 is 9.90 Å². The van der Waals surface area contributed by atoms with Crippen LogP contribution in [-0.4, -0.2) is 28.8 Å². The standard InChI is InChI=1S/C18H18ClN3O2/c19-15-6-2-4-8-17(15)22-18(24)21-13(11-23)9-12-10-20-16-7-3-1-5-14(12)16/h1-8,10,13,20,23H,9,11H2,(H2,21,22,24)/t13-/m1/s1. The van der Waals surface area contributed by atoms with Crippen molar-refractivity contribution in [2.45, 2.75) is 12.5 Å². The van der Waals surface area contributed by atoms with E-state index in [0.717, 1.165) is 16.5 Å². The van der Waals surface area contributed by atoms with Gasteiger partial charge in [-0.2, -0.15) is 0 Å². The first-order valence-corrected chi connectivity index (χ1v) is 8.03. The molecule has 2 aromatic carbocycles. The van der Waals surface area contributed by atoms with Crippen molar-refractivity contribution in [1.29, 1.82) is 0 Å². The van der Waals surface area contributed by atoms with E-state index in [0.29, 0.717) is 17.1 Å². The van der Waals surface area contributed by atoms with Gasteiger partial charge in [-0.05, 0) is 30.2 Å². The SMILES string of the molecule is O=C(Nc1ccccc1Cl)N[C@@H](CO)Cc1c[nH]c2ccccc12. The number of H-pyrrole nitrogens is 1. The van der Waals surface area contributed by atoms with Crippen molar-refractivity contribution in [2.24, 2.45) is 0 Å². The van der Waals surface area contributed by atoms with E-state index >= 15 is 0 Å². The van der Waals surface area contributed by atoms with Crippen LogP contribution in [0.4, 0.5) is 10.5 Å². The van der Waals surface area contributed by atoms with Crippen LogP contribution in [0.1, 0.15) is 5.56 Å². The number of anilines is 1. The van der Waals surface area contributed by atoms with E-state index < -0.39 is 12.1 Å². The predicted molar refractivity (Wildman–Crippen MR) is 96.5 cm³/mol. The predicted octanol–water partition coefficient (Wildman–Crippen LogP) is 3.55. The Morgan fingerprint density at radius 3 is 2.71 bits per heavy atom. The van der Waals surface area contributed by atoms with E-state index in [1.165, 1.54) is 0 Å². The molecular formula is C18H18ClN3O2. The number of aliphatic hydroxyl groups excluding tert-OH is 1. The van der Waals surface area contributed by atoms with Gasteiger partial charge >= 0.3 is 6.03 Å². The average molecular weight is 344 g/mol. The maximum absolute atomic E-state index is 12.1. The number of rotatable bonds is 5. The minimum atomic E-state index is -0.401. The number of nitrogens with one attached hydrogen (secondary N) is 3. The second kappa shape index (κ2) is 7.38. The molecule has 0 fully saturated rings. The quantitative estimate of drug-likeness (QED) is 0.572. The molecule has 1 aromatic heterocycles. The Labute approximate surface area is 144 Å². The molecule has 24 heavy (non-hydrogen) atoms. The summed E-state index contributed by atoms with van der Waals surface area (Å²) in [6.45, 7) is -0.157. The molecule has 4 N–H and O–H groups in total. The van der Waals surface area contributed by atoms with Gasteiger partial charge in [0.15, 0.2) is 0 Å². The molecule has 0 radical (unpaired) electrons. The number of amides is 2. The number of aromatic nitrogens is 1. The fraction of sp³-hybridized carbons (Fsp3) is 0.167. The molecule has 0 saturated heterocycles. The van der Waals surface area contributed by atoms with E-state index in [-0.39, 0.29) is 6.61 Å². The monoisotopic (exact) mass is 343 g/mol. The number of halogens is 1. The van der Waals surface area contributed by atoms with Gasteiger partial charge in [-0.1, -0.05) is 41.9 Å². The first-order valence-electron chi connectivity index (χ1n) is 7.65. The largest absolute Gasteiger partial charge is 0.394 e. The highest BCUT2D eigenvalue weighted by Gasteiger charge is 2.15. The molecule has 3 rings (SSSR count). The molecule has 6 heteroatoms. The van der Waals surface area contributed by atoms with Crippen molar-refractivity contribution in [2.75, 3.05) is 11.9 Å². The maximum atomic E-state index is 12.1. The normalized spacial score (nSPS) is 12.1. The average Bonchev–Trinajstić information content (AvgIpc) is 2.99. The van der Waals surface area contributed by atoms with Crippen LogP contribution in [0, 0.1) is 0 Å². The van der Waals surface area contributed by atoms with Gasteiger partial charge in [0, 0.05) is 17.1 Å². The first kappa shape index (κ1) is 16.4. The Bertz CT molecular complexity index is 847. The molecule has 124 valence electrons. The van der Waals surface area contributed by atoms with E-state index in [4.69, 9.17) is 11.6 Å². The van der Waals surface area contributed by atoms with E-state index in [9.17, 15) is 9.90 Å². The van der Waals surface area contributed by atoms with Crippen LogP contribution >= 0.6 is 11.6 Å². The Balaban J connectivity index is 1.66. The Morgan fingerprint density at radius 1 is 1.17 bits per heavy atom. The van der Waals surface area contributed by atoms with Gasteiger partial charge < -0.3 is 20.7 Å². The summed E-state index contributed by atoms with van der Waals surface area (Å²) in [4.78, 5) is 15.3. The minimum absolute atomic E-state index is 0.157. The van der Waals surface area contributed by atoms with Gasteiger partial charge in [0.25, 0.3) is 0 Å². The zero-order chi connectivity index (χ0) is 16.9. The molecule has 0 unspecified atom stereocenters. The van der Waals surface area contributed by atoms with Crippen LogP contribution in [0.3, 0.4) is 0 Å². The number of carbonyl (C=O) groups excluding carboxylic acids is 1. The van der Waals surface area contributed by atoms with Gasteiger partial charge in [-0.3, -0.25) is 0 Å². The van der Waals surface area contributed by atoms with Crippen LogP contribution in [0.2, 0.25) is 5.02 Å². The zero-order valence-corrected chi connectivity index (χ0v) is 13.7. The van der Waals surface area contributed by atoms with Crippen molar-refractivity contribution in [3.05, 3.63) is 65.3 Å². The van der Waals surface area contributed by atoms with Gasteiger partial charge in [0.2, 0.25) is 0 Å². The number of benzene rings is 2. The summed E-state index contributed by atoms with van der Waals surface area (Å²) < 4.78 is 0. The van der Waals surface area contributed by atoms with Gasteiger partial charge in [-0.15, -0.1) is 0 Å². The van der Waals surface area contributed by atoms with Crippen LogP contribution in [-0.2, 0) is 6.42 Å². The summed E-state index contributed by atoms with van der Waals surface area (Å²) in [6, 6.07) is 14.1. The molecule has 0 aliphatic carbocycles. The third-order valence-electron chi connectivity index (χ3n) is 3.82. The summed E-state index contributed by atoms with van der Waals surface area (Å²) in [7, 11) is 0. The number of hydrogen-bond donors (Lipinski definition) is 4. The first-order chi connectivity index (χ1) is 11.7. The van der Waals surface area contributed by atoms with Crippen molar-refractivity contribution >= 4 is 34.2 Å². The summed E-state index contributed by atoms with van der Waals surface area (Å²) >= 11 is 6.02. The molecule has 0 aliphatic heterocycles. The third kappa shape index (κ3) is 3.69. The number of para-hydroxylation sites is 2. The molecule has 1 atom stereocenters. The maximum Gasteiger partial charge on any atom is 0.319 e. The highest BCUT2D eigenvalue weighted by Crippen LogP contribution is 2.21. The zero-order valence-electron chi connectivity index (χ0n) is 12.9. The number of hydrogen-bond acceptors (Lipinski definition) is 2. The second-order valence-corrected chi connectivity index (χ2v) is 5.93. The lowest BCUT2D eigenvalue weighted by atomic mass is 10.1.